The molecule has 0 bridgehead atoms. The van der Waals surface area contributed by atoms with Crippen molar-refractivity contribution < 1.29 is 14.6 Å². The van der Waals surface area contributed by atoms with E-state index in [0.29, 0.717) is 12.4 Å². The molecule has 0 saturated heterocycles. The van der Waals surface area contributed by atoms with Gasteiger partial charge in [0.15, 0.2) is 4.88 Å². The van der Waals surface area contributed by atoms with E-state index in [1.165, 1.54) is 0 Å². The van der Waals surface area contributed by atoms with Crippen LogP contribution in [0.5, 0.6) is 5.75 Å². The Morgan fingerprint density at radius 2 is 2.46 bits per heavy atom. The summed E-state index contributed by atoms with van der Waals surface area (Å²) in [6.45, 7) is 5.84. The number of hydrogen-bond acceptors (Lipinski definition) is 3. The quantitative estimate of drug-likeness (QED) is 0.755. The van der Waals surface area contributed by atoms with Crippen LogP contribution in [0.1, 0.15) is 16.6 Å². The summed E-state index contributed by atoms with van der Waals surface area (Å²) in [4.78, 5) is 10.9. The molecule has 1 N–H and O–H groups in total. The number of rotatable bonds is 4. The Kier molecular flexibility index (Phi) is 3.08. The second-order valence-corrected chi connectivity index (χ2v) is 3.58. The van der Waals surface area contributed by atoms with Crippen LogP contribution in [0.3, 0.4) is 0 Å². The van der Waals surface area contributed by atoms with Gasteiger partial charge in [-0.05, 0) is 23.9 Å². The maximum Gasteiger partial charge on any atom is 0.349 e. The Labute approximate surface area is 80.3 Å². The molecule has 0 unspecified atom stereocenters. The van der Waals surface area contributed by atoms with Gasteiger partial charge >= 0.3 is 5.97 Å². The van der Waals surface area contributed by atoms with E-state index in [4.69, 9.17) is 9.84 Å². The third-order valence-electron chi connectivity index (χ3n) is 1.30. The lowest BCUT2D eigenvalue weighted by atomic mass is 10.4. The van der Waals surface area contributed by atoms with Gasteiger partial charge < -0.3 is 9.84 Å². The SMILES string of the molecule is C=C(C)COc1ccsc1C(=O)O. The summed E-state index contributed by atoms with van der Waals surface area (Å²) in [5.41, 5.74) is 0.863. The zero-order valence-electron chi connectivity index (χ0n) is 7.24. The summed E-state index contributed by atoms with van der Waals surface area (Å²) in [6, 6.07) is 1.65. The van der Waals surface area contributed by atoms with E-state index in [1.54, 1.807) is 11.4 Å². The van der Waals surface area contributed by atoms with Gasteiger partial charge in [0.1, 0.15) is 12.4 Å². The Hall–Kier alpha value is -1.29. The molecule has 0 saturated carbocycles. The van der Waals surface area contributed by atoms with Crippen molar-refractivity contribution >= 4 is 17.3 Å². The normalized spacial score (nSPS) is 9.62. The maximum atomic E-state index is 10.6. The van der Waals surface area contributed by atoms with E-state index < -0.39 is 5.97 Å². The molecular weight excluding hydrogens is 188 g/mol. The number of aromatic carboxylic acids is 1. The molecule has 0 atom stereocenters. The Morgan fingerprint density at radius 1 is 1.77 bits per heavy atom. The first kappa shape index (κ1) is 9.80. The highest BCUT2D eigenvalue weighted by Gasteiger charge is 2.12. The van der Waals surface area contributed by atoms with Crippen LogP contribution in [0.2, 0.25) is 0 Å². The first-order valence-corrected chi connectivity index (χ1v) is 4.57. The minimum atomic E-state index is -0.952. The van der Waals surface area contributed by atoms with Crippen LogP contribution in [-0.2, 0) is 0 Å². The second kappa shape index (κ2) is 4.09. The van der Waals surface area contributed by atoms with Crippen molar-refractivity contribution in [3.63, 3.8) is 0 Å². The molecule has 0 aliphatic carbocycles. The van der Waals surface area contributed by atoms with E-state index in [2.05, 4.69) is 6.58 Å². The van der Waals surface area contributed by atoms with Crippen molar-refractivity contribution in [2.45, 2.75) is 6.92 Å². The Bertz CT molecular complexity index is 327. The van der Waals surface area contributed by atoms with Crippen molar-refractivity contribution in [2.75, 3.05) is 6.61 Å². The lowest BCUT2D eigenvalue weighted by Gasteiger charge is -2.03. The fraction of sp³-hybridized carbons (Fsp3) is 0.222. The van der Waals surface area contributed by atoms with Gasteiger partial charge in [0.05, 0.1) is 0 Å². The van der Waals surface area contributed by atoms with Gasteiger partial charge in [-0.15, -0.1) is 11.3 Å². The first-order valence-electron chi connectivity index (χ1n) is 3.69. The van der Waals surface area contributed by atoms with Crippen molar-refractivity contribution in [3.05, 3.63) is 28.5 Å². The van der Waals surface area contributed by atoms with Crippen LogP contribution in [-0.4, -0.2) is 17.7 Å². The molecule has 13 heavy (non-hydrogen) atoms. The van der Waals surface area contributed by atoms with E-state index in [1.807, 2.05) is 6.92 Å². The molecule has 0 fully saturated rings. The molecule has 0 aliphatic heterocycles. The number of carbonyl (C=O) groups is 1. The van der Waals surface area contributed by atoms with E-state index in [9.17, 15) is 4.79 Å². The zero-order valence-corrected chi connectivity index (χ0v) is 8.06. The topological polar surface area (TPSA) is 46.5 Å². The van der Waals surface area contributed by atoms with Gasteiger partial charge in [0.2, 0.25) is 0 Å². The lowest BCUT2D eigenvalue weighted by Crippen LogP contribution is -2.01. The van der Waals surface area contributed by atoms with Gasteiger partial charge in [-0.25, -0.2) is 4.79 Å². The highest BCUT2D eigenvalue weighted by atomic mass is 32.1. The van der Waals surface area contributed by atoms with Gasteiger partial charge in [0.25, 0.3) is 0 Å². The van der Waals surface area contributed by atoms with Crippen molar-refractivity contribution in [3.8, 4) is 5.75 Å². The minimum absolute atomic E-state index is 0.237. The fourth-order valence-corrected chi connectivity index (χ4v) is 1.44. The van der Waals surface area contributed by atoms with Crippen LogP contribution in [0.25, 0.3) is 0 Å². The molecule has 0 amide bonds. The van der Waals surface area contributed by atoms with Crippen molar-refractivity contribution in [1.82, 2.24) is 0 Å². The predicted molar refractivity (Wildman–Crippen MR) is 51.6 cm³/mol. The number of thiophene rings is 1. The van der Waals surface area contributed by atoms with Crippen molar-refractivity contribution in [1.29, 1.82) is 0 Å². The van der Waals surface area contributed by atoms with E-state index >= 15 is 0 Å². The predicted octanol–water partition coefficient (Wildman–Crippen LogP) is 2.40. The molecule has 1 rings (SSSR count). The van der Waals surface area contributed by atoms with Crippen LogP contribution in [0.15, 0.2) is 23.6 Å². The molecule has 1 heterocycles. The number of carboxylic acids is 1. The average Bonchev–Trinajstić information content (AvgIpc) is 2.47. The molecule has 1 aromatic rings. The molecular formula is C9H10O3S. The third-order valence-corrected chi connectivity index (χ3v) is 2.18. The molecule has 3 nitrogen and oxygen atoms in total. The highest BCUT2D eigenvalue weighted by molar-refractivity contribution is 7.12. The van der Waals surface area contributed by atoms with E-state index in [0.717, 1.165) is 16.9 Å². The standard InChI is InChI=1S/C9H10O3S/c1-6(2)5-12-7-3-4-13-8(7)9(10)11/h3-4H,1,5H2,2H3,(H,10,11). The smallest absolute Gasteiger partial charge is 0.349 e. The maximum absolute atomic E-state index is 10.6. The number of hydrogen-bond donors (Lipinski definition) is 1. The molecule has 70 valence electrons. The molecule has 0 radical (unpaired) electrons. The zero-order chi connectivity index (χ0) is 9.84. The van der Waals surface area contributed by atoms with Crippen LogP contribution in [0, 0.1) is 0 Å². The van der Waals surface area contributed by atoms with E-state index in [-0.39, 0.29) is 4.88 Å². The monoisotopic (exact) mass is 198 g/mol. The Balaban J connectivity index is 2.71. The number of carboxylic acid groups (broad SMARTS) is 1. The summed E-state index contributed by atoms with van der Waals surface area (Å²) in [5, 5.41) is 10.4. The van der Waals surface area contributed by atoms with Crippen LogP contribution < -0.4 is 4.74 Å². The molecule has 4 heteroatoms. The molecule has 0 spiro atoms. The highest BCUT2D eigenvalue weighted by Crippen LogP contribution is 2.24. The minimum Gasteiger partial charge on any atom is -0.487 e. The first-order chi connectivity index (χ1) is 6.11. The summed E-state index contributed by atoms with van der Waals surface area (Å²) in [5.74, 6) is -0.535. The molecule has 0 aliphatic rings. The van der Waals surface area contributed by atoms with Gasteiger partial charge in [-0.3, -0.25) is 0 Å². The van der Waals surface area contributed by atoms with Crippen LogP contribution >= 0.6 is 11.3 Å². The van der Waals surface area contributed by atoms with Crippen LogP contribution in [0.4, 0.5) is 0 Å². The summed E-state index contributed by atoms with van der Waals surface area (Å²) in [7, 11) is 0. The second-order valence-electron chi connectivity index (χ2n) is 2.66. The average molecular weight is 198 g/mol. The summed E-state index contributed by atoms with van der Waals surface area (Å²) in [6.07, 6.45) is 0. The summed E-state index contributed by atoms with van der Waals surface area (Å²) < 4.78 is 5.23. The largest absolute Gasteiger partial charge is 0.487 e. The lowest BCUT2D eigenvalue weighted by molar-refractivity contribution is 0.0698. The van der Waals surface area contributed by atoms with Crippen molar-refractivity contribution in [2.24, 2.45) is 0 Å². The van der Waals surface area contributed by atoms with Gasteiger partial charge in [0, 0.05) is 0 Å². The molecule has 1 aromatic heterocycles. The number of ether oxygens (including phenoxy) is 1. The fourth-order valence-electron chi connectivity index (χ4n) is 0.768. The van der Waals surface area contributed by atoms with Gasteiger partial charge in [-0.2, -0.15) is 0 Å². The molecule has 0 aromatic carbocycles. The third kappa shape index (κ3) is 2.59. The van der Waals surface area contributed by atoms with Gasteiger partial charge in [-0.1, -0.05) is 6.58 Å². The summed E-state index contributed by atoms with van der Waals surface area (Å²) >= 11 is 1.16. The Morgan fingerprint density at radius 3 is 3.00 bits per heavy atom.